The second-order valence-electron chi connectivity index (χ2n) is 2.79. The quantitative estimate of drug-likeness (QED) is 0.627. The third-order valence-electron chi connectivity index (χ3n) is 1.33. The second kappa shape index (κ2) is 2.74. The molecule has 0 saturated heterocycles. The molecular formula is C8H9FOS. The van der Waals surface area contributed by atoms with E-state index in [0.29, 0.717) is 9.75 Å². The number of carbonyl (C=O) groups is 1. The van der Waals surface area contributed by atoms with Gasteiger partial charge in [-0.15, -0.1) is 11.3 Å². The summed E-state index contributed by atoms with van der Waals surface area (Å²) < 4.78 is 13.2. The lowest BCUT2D eigenvalue weighted by Crippen LogP contribution is -2.05. The van der Waals surface area contributed by atoms with E-state index < -0.39 is 5.67 Å². The fourth-order valence-corrected chi connectivity index (χ4v) is 1.55. The van der Waals surface area contributed by atoms with Crippen molar-refractivity contribution in [1.82, 2.24) is 0 Å². The minimum Gasteiger partial charge on any atom is -0.297 e. The molecule has 1 heterocycles. The smallest absolute Gasteiger partial charge is 0.160 e. The molecular weight excluding hydrogens is 163 g/mol. The van der Waals surface area contributed by atoms with Crippen LogP contribution in [-0.2, 0) is 5.67 Å². The molecule has 0 atom stereocenters. The lowest BCUT2D eigenvalue weighted by Gasteiger charge is -2.09. The Hall–Kier alpha value is -0.700. The van der Waals surface area contributed by atoms with Crippen molar-refractivity contribution in [1.29, 1.82) is 0 Å². The number of hydrogen-bond donors (Lipinski definition) is 0. The molecule has 0 radical (unpaired) electrons. The van der Waals surface area contributed by atoms with Gasteiger partial charge in [0.05, 0.1) is 4.88 Å². The van der Waals surface area contributed by atoms with Crippen LogP contribution in [-0.4, -0.2) is 6.29 Å². The van der Waals surface area contributed by atoms with E-state index in [1.165, 1.54) is 25.2 Å². The van der Waals surface area contributed by atoms with Crippen molar-refractivity contribution < 1.29 is 9.18 Å². The monoisotopic (exact) mass is 172 g/mol. The standard InChI is InChI=1S/C8H9FOS/c1-8(2,9)7-4-3-6(5-10)11-7/h3-5H,1-2H3. The predicted molar refractivity (Wildman–Crippen MR) is 43.8 cm³/mol. The molecule has 0 fully saturated rings. The van der Waals surface area contributed by atoms with E-state index in [0.717, 1.165) is 6.29 Å². The number of carbonyl (C=O) groups excluding carboxylic acids is 1. The van der Waals surface area contributed by atoms with E-state index >= 15 is 0 Å². The first-order valence-electron chi connectivity index (χ1n) is 3.28. The number of rotatable bonds is 2. The topological polar surface area (TPSA) is 17.1 Å². The van der Waals surface area contributed by atoms with Crippen molar-refractivity contribution in [2.75, 3.05) is 0 Å². The zero-order valence-corrected chi connectivity index (χ0v) is 7.24. The van der Waals surface area contributed by atoms with Crippen LogP contribution >= 0.6 is 11.3 Å². The molecule has 1 aromatic rings. The molecule has 1 rings (SSSR count). The summed E-state index contributed by atoms with van der Waals surface area (Å²) in [6.45, 7) is 2.96. The van der Waals surface area contributed by atoms with Crippen LogP contribution in [0.15, 0.2) is 12.1 Å². The van der Waals surface area contributed by atoms with Gasteiger partial charge in [-0.1, -0.05) is 0 Å². The lowest BCUT2D eigenvalue weighted by molar-refractivity contribution is 0.112. The van der Waals surface area contributed by atoms with Gasteiger partial charge in [0.15, 0.2) is 6.29 Å². The summed E-state index contributed by atoms with van der Waals surface area (Å²) >= 11 is 1.20. The summed E-state index contributed by atoms with van der Waals surface area (Å²) in [6, 6.07) is 3.28. The van der Waals surface area contributed by atoms with Crippen molar-refractivity contribution in [2.24, 2.45) is 0 Å². The Morgan fingerprint density at radius 2 is 2.18 bits per heavy atom. The third-order valence-corrected chi connectivity index (χ3v) is 2.64. The molecule has 0 N–H and O–H groups in total. The van der Waals surface area contributed by atoms with Gasteiger partial charge in [0, 0.05) is 4.88 Å². The van der Waals surface area contributed by atoms with Crippen LogP contribution in [0.3, 0.4) is 0 Å². The number of alkyl halides is 1. The predicted octanol–water partition coefficient (Wildman–Crippen LogP) is 2.77. The average Bonchev–Trinajstić information content (AvgIpc) is 2.32. The summed E-state index contributed by atoms with van der Waals surface area (Å²) in [5.74, 6) is 0. The Labute approximate surface area is 68.9 Å². The Bertz CT molecular complexity index is 259. The number of thiophene rings is 1. The SMILES string of the molecule is CC(C)(F)c1ccc(C=O)s1. The molecule has 1 aromatic heterocycles. The van der Waals surface area contributed by atoms with Gasteiger partial charge in [-0.25, -0.2) is 4.39 Å². The average molecular weight is 172 g/mol. The van der Waals surface area contributed by atoms with E-state index in [-0.39, 0.29) is 0 Å². The van der Waals surface area contributed by atoms with Gasteiger partial charge in [0.1, 0.15) is 5.67 Å². The van der Waals surface area contributed by atoms with Crippen LogP contribution in [0, 0.1) is 0 Å². The highest BCUT2D eigenvalue weighted by atomic mass is 32.1. The molecule has 60 valence electrons. The van der Waals surface area contributed by atoms with E-state index in [9.17, 15) is 9.18 Å². The van der Waals surface area contributed by atoms with Crippen LogP contribution in [0.25, 0.3) is 0 Å². The van der Waals surface area contributed by atoms with Crippen LogP contribution in [0.2, 0.25) is 0 Å². The lowest BCUT2D eigenvalue weighted by atomic mass is 10.1. The first-order chi connectivity index (χ1) is 5.04. The maximum Gasteiger partial charge on any atom is 0.160 e. The van der Waals surface area contributed by atoms with Gasteiger partial charge in [-0.05, 0) is 26.0 Å². The minimum atomic E-state index is -1.33. The van der Waals surface area contributed by atoms with E-state index in [1.54, 1.807) is 12.1 Å². The fourth-order valence-electron chi connectivity index (χ4n) is 0.736. The van der Waals surface area contributed by atoms with E-state index in [1.807, 2.05) is 0 Å². The van der Waals surface area contributed by atoms with Gasteiger partial charge >= 0.3 is 0 Å². The van der Waals surface area contributed by atoms with Crippen molar-refractivity contribution in [3.63, 3.8) is 0 Å². The van der Waals surface area contributed by atoms with Crippen molar-refractivity contribution in [3.05, 3.63) is 21.9 Å². The normalized spacial score (nSPS) is 11.5. The van der Waals surface area contributed by atoms with E-state index in [4.69, 9.17) is 0 Å². The highest BCUT2D eigenvalue weighted by molar-refractivity contribution is 7.13. The molecule has 0 aliphatic rings. The van der Waals surface area contributed by atoms with Gasteiger partial charge in [-0.2, -0.15) is 0 Å². The van der Waals surface area contributed by atoms with Gasteiger partial charge in [0.2, 0.25) is 0 Å². The second-order valence-corrected chi connectivity index (χ2v) is 3.91. The molecule has 0 bridgehead atoms. The highest BCUT2D eigenvalue weighted by Gasteiger charge is 2.20. The van der Waals surface area contributed by atoms with Crippen molar-refractivity contribution >= 4 is 17.6 Å². The molecule has 0 spiro atoms. The summed E-state index contributed by atoms with van der Waals surface area (Å²) in [5.41, 5.74) is -1.33. The number of aldehydes is 1. The Morgan fingerprint density at radius 1 is 1.55 bits per heavy atom. The van der Waals surface area contributed by atoms with Crippen molar-refractivity contribution in [3.8, 4) is 0 Å². The van der Waals surface area contributed by atoms with Crippen LogP contribution < -0.4 is 0 Å². The summed E-state index contributed by atoms with van der Waals surface area (Å²) in [7, 11) is 0. The molecule has 1 nitrogen and oxygen atoms in total. The zero-order chi connectivity index (χ0) is 8.48. The molecule has 0 saturated carbocycles. The fraction of sp³-hybridized carbons (Fsp3) is 0.375. The molecule has 0 aliphatic carbocycles. The first-order valence-corrected chi connectivity index (χ1v) is 4.10. The Balaban J connectivity index is 2.98. The summed E-state index contributed by atoms with van der Waals surface area (Å²) in [6.07, 6.45) is 0.736. The van der Waals surface area contributed by atoms with Crippen molar-refractivity contribution in [2.45, 2.75) is 19.5 Å². The largest absolute Gasteiger partial charge is 0.297 e. The minimum absolute atomic E-state index is 0.575. The van der Waals surface area contributed by atoms with Crippen LogP contribution in [0.4, 0.5) is 4.39 Å². The number of hydrogen-bond acceptors (Lipinski definition) is 2. The third kappa shape index (κ3) is 1.87. The molecule has 11 heavy (non-hydrogen) atoms. The summed E-state index contributed by atoms with van der Waals surface area (Å²) in [5, 5.41) is 0. The first kappa shape index (κ1) is 8.40. The van der Waals surface area contributed by atoms with Gasteiger partial charge in [0.25, 0.3) is 0 Å². The maximum atomic E-state index is 13.2. The van der Waals surface area contributed by atoms with Gasteiger partial charge in [-0.3, -0.25) is 4.79 Å². The number of halogens is 1. The Kier molecular flexibility index (Phi) is 2.09. The zero-order valence-electron chi connectivity index (χ0n) is 6.43. The highest BCUT2D eigenvalue weighted by Crippen LogP contribution is 2.30. The Morgan fingerprint density at radius 3 is 2.45 bits per heavy atom. The van der Waals surface area contributed by atoms with E-state index in [2.05, 4.69) is 0 Å². The van der Waals surface area contributed by atoms with Crippen LogP contribution in [0.1, 0.15) is 28.4 Å². The maximum absolute atomic E-state index is 13.2. The van der Waals surface area contributed by atoms with Crippen LogP contribution in [0.5, 0.6) is 0 Å². The van der Waals surface area contributed by atoms with Gasteiger partial charge < -0.3 is 0 Å². The summed E-state index contributed by atoms with van der Waals surface area (Å²) in [4.78, 5) is 11.4. The molecule has 3 heteroatoms. The molecule has 0 aromatic carbocycles. The molecule has 0 aliphatic heterocycles. The molecule has 0 unspecified atom stereocenters. The molecule has 0 amide bonds.